The van der Waals surface area contributed by atoms with E-state index in [4.69, 9.17) is 16.3 Å². The van der Waals surface area contributed by atoms with E-state index in [-0.39, 0.29) is 17.5 Å². The van der Waals surface area contributed by atoms with Crippen LogP contribution in [-0.2, 0) is 17.6 Å². The second-order valence-electron chi connectivity index (χ2n) is 6.45. The van der Waals surface area contributed by atoms with Gasteiger partial charge < -0.3 is 9.94 Å². The van der Waals surface area contributed by atoms with Crippen molar-refractivity contribution in [3.05, 3.63) is 58.0 Å². The number of benzene rings is 1. The summed E-state index contributed by atoms with van der Waals surface area (Å²) in [6, 6.07) is 6.01. The molecule has 1 aliphatic heterocycles. The van der Waals surface area contributed by atoms with Gasteiger partial charge in [0.15, 0.2) is 5.82 Å². The van der Waals surface area contributed by atoms with Crippen molar-refractivity contribution in [1.29, 1.82) is 0 Å². The molecule has 1 aromatic heterocycles. The van der Waals surface area contributed by atoms with Gasteiger partial charge in [-0.25, -0.2) is 19.2 Å². The fraction of sp³-hybridized carbons (Fsp3) is 0.263. The highest BCUT2D eigenvalue weighted by Crippen LogP contribution is 2.28. The van der Waals surface area contributed by atoms with Gasteiger partial charge in [-0.3, -0.25) is 5.32 Å². The number of alkyl carbamates (subject to hydrolysis) is 1. The predicted octanol–water partition coefficient (Wildman–Crippen LogP) is 4.02. The van der Waals surface area contributed by atoms with E-state index in [0.29, 0.717) is 40.5 Å². The molecular weight excluding hydrogens is 387 g/mol. The highest BCUT2D eigenvalue weighted by atomic mass is 35.5. The molecule has 1 amide bonds. The van der Waals surface area contributed by atoms with Gasteiger partial charge >= 0.3 is 6.09 Å². The number of hydrogen-bond acceptors (Lipinski definition) is 6. The Bertz CT molecular complexity index is 976. The molecule has 7 nitrogen and oxygen atoms in total. The van der Waals surface area contributed by atoms with Crippen molar-refractivity contribution in [2.75, 3.05) is 0 Å². The molecule has 0 unspecified atom stereocenters. The molecule has 146 valence electrons. The van der Waals surface area contributed by atoms with Gasteiger partial charge in [0.1, 0.15) is 11.7 Å². The normalized spacial score (nSPS) is 13.3. The number of carbonyl (C=O) groups is 1. The number of ether oxygens (including phenoxy) is 1. The van der Waals surface area contributed by atoms with Crippen molar-refractivity contribution < 1.29 is 19.1 Å². The predicted molar refractivity (Wildman–Crippen MR) is 103 cm³/mol. The monoisotopic (exact) mass is 404 g/mol. The van der Waals surface area contributed by atoms with Crippen LogP contribution >= 0.6 is 11.6 Å². The molecule has 0 atom stereocenters. The third kappa shape index (κ3) is 4.45. The highest BCUT2D eigenvalue weighted by Gasteiger charge is 2.24. The summed E-state index contributed by atoms with van der Waals surface area (Å²) in [4.78, 5) is 20.3. The number of amidine groups is 1. The average Bonchev–Trinajstić information content (AvgIpc) is 3.04. The minimum absolute atomic E-state index is 0.00627. The van der Waals surface area contributed by atoms with Crippen LogP contribution in [0.2, 0.25) is 5.02 Å². The summed E-state index contributed by atoms with van der Waals surface area (Å²) < 4.78 is 18.4. The fourth-order valence-electron chi connectivity index (χ4n) is 2.82. The second-order valence-corrected chi connectivity index (χ2v) is 6.85. The number of oxime groups is 1. The molecule has 0 aliphatic carbocycles. The SMILES string of the molecule is CC(C)OC(=O)NC1=Nc2nccc(/C(Cc3ccc(F)c(Cl)c3)=N/O)c2C1. The molecule has 0 radical (unpaired) electrons. The summed E-state index contributed by atoms with van der Waals surface area (Å²) >= 11 is 5.83. The van der Waals surface area contributed by atoms with E-state index in [1.807, 2.05) is 0 Å². The van der Waals surface area contributed by atoms with Crippen molar-refractivity contribution in [2.45, 2.75) is 32.8 Å². The molecule has 2 N–H and O–H groups in total. The topological polar surface area (TPSA) is 96.2 Å². The number of aromatic nitrogens is 1. The maximum Gasteiger partial charge on any atom is 0.412 e. The van der Waals surface area contributed by atoms with E-state index >= 15 is 0 Å². The standard InChI is InChI=1S/C19H18ClFN4O3/c1-10(2)28-19(26)24-17-9-13-12(5-6-22-18(13)23-17)16(25-27)8-11-3-4-15(21)14(20)7-11/h3-7,10,27H,8-9H2,1-2H3,(H,22,23,24,26)/b25-16+. The van der Waals surface area contributed by atoms with Crippen molar-refractivity contribution in [3.63, 3.8) is 0 Å². The summed E-state index contributed by atoms with van der Waals surface area (Å²) in [5, 5.41) is 15.5. The van der Waals surface area contributed by atoms with Crippen molar-refractivity contribution in [3.8, 4) is 0 Å². The van der Waals surface area contributed by atoms with Crippen molar-refractivity contribution in [2.24, 2.45) is 10.1 Å². The molecule has 0 saturated carbocycles. The number of carbonyl (C=O) groups excluding carboxylic acids is 1. The smallest absolute Gasteiger partial charge is 0.412 e. The van der Waals surface area contributed by atoms with E-state index in [0.717, 1.165) is 0 Å². The Morgan fingerprint density at radius 1 is 1.43 bits per heavy atom. The Kier molecular flexibility index (Phi) is 5.89. The van der Waals surface area contributed by atoms with Gasteiger partial charge in [-0.2, -0.15) is 0 Å². The second kappa shape index (κ2) is 8.35. The minimum Gasteiger partial charge on any atom is -0.447 e. The zero-order valence-electron chi connectivity index (χ0n) is 15.2. The van der Waals surface area contributed by atoms with Crippen LogP contribution in [0.25, 0.3) is 0 Å². The maximum atomic E-state index is 13.4. The first kappa shape index (κ1) is 19.8. The van der Waals surface area contributed by atoms with E-state index in [1.54, 1.807) is 26.0 Å². The number of aliphatic imine (C=N–C) groups is 1. The molecule has 0 saturated heterocycles. The Morgan fingerprint density at radius 2 is 2.21 bits per heavy atom. The number of amides is 1. The molecule has 0 fully saturated rings. The molecule has 3 rings (SSSR count). The van der Waals surface area contributed by atoms with Crippen LogP contribution < -0.4 is 5.32 Å². The van der Waals surface area contributed by atoms with Gasteiger partial charge in [-0.05, 0) is 37.6 Å². The molecular formula is C19H18ClFN4O3. The van der Waals surface area contributed by atoms with Crippen LogP contribution in [0, 0.1) is 5.82 Å². The van der Waals surface area contributed by atoms with E-state index in [9.17, 15) is 14.4 Å². The molecule has 9 heteroatoms. The average molecular weight is 405 g/mol. The first-order chi connectivity index (χ1) is 13.4. The van der Waals surface area contributed by atoms with Gasteiger partial charge in [-0.1, -0.05) is 22.8 Å². The molecule has 28 heavy (non-hydrogen) atoms. The number of hydrogen-bond donors (Lipinski definition) is 2. The fourth-order valence-corrected chi connectivity index (χ4v) is 3.02. The summed E-state index contributed by atoms with van der Waals surface area (Å²) in [6.45, 7) is 3.49. The third-order valence-electron chi connectivity index (χ3n) is 3.99. The van der Waals surface area contributed by atoms with Gasteiger partial charge in [0.2, 0.25) is 0 Å². The molecule has 1 aliphatic rings. The van der Waals surface area contributed by atoms with Crippen LogP contribution in [0.15, 0.2) is 40.6 Å². The Morgan fingerprint density at radius 3 is 2.89 bits per heavy atom. The van der Waals surface area contributed by atoms with Crippen LogP contribution in [0.5, 0.6) is 0 Å². The quantitative estimate of drug-likeness (QED) is 0.457. The van der Waals surface area contributed by atoms with Crippen LogP contribution in [0.4, 0.5) is 15.0 Å². The Hall–Kier alpha value is -3.00. The molecule has 0 spiro atoms. The zero-order chi connectivity index (χ0) is 20.3. The molecule has 1 aromatic carbocycles. The van der Waals surface area contributed by atoms with Crippen molar-refractivity contribution in [1.82, 2.24) is 10.3 Å². The Balaban J connectivity index is 1.80. The lowest BCUT2D eigenvalue weighted by Gasteiger charge is -2.10. The summed E-state index contributed by atoms with van der Waals surface area (Å²) in [5.41, 5.74) is 2.37. The van der Waals surface area contributed by atoms with Crippen LogP contribution in [0.1, 0.15) is 30.5 Å². The van der Waals surface area contributed by atoms with E-state index < -0.39 is 11.9 Å². The van der Waals surface area contributed by atoms with Gasteiger partial charge in [0.05, 0.1) is 16.8 Å². The first-order valence-corrected chi connectivity index (χ1v) is 8.93. The number of rotatable bonds is 4. The van der Waals surface area contributed by atoms with Gasteiger partial charge in [0.25, 0.3) is 0 Å². The van der Waals surface area contributed by atoms with Crippen LogP contribution in [0.3, 0.4) is 0 Å². The number of fused-ring (bicyclic) bond motifs is 1. The largest absolute Gasteiger partial charge is 0.447 e. The lowest BCUT2D eigenvalue weighted by molar-refractivity contribution is 0.120. The number of nitrogens with zero attached hydrogens (tertiary/aromatic N) is 3. The third-order valence-corrected chi connectivity index (χ3v) is 4.28. The number of pyridine rings is 1. The number of nitrogens with one attached hydrogen (secondary N) is 1. The maximum absolute atomic E-state index is 13.4. The molecule has 2 aromatic rings. The Labute approximate surface area is 165 Å². The molecule has 2 heterocycles. The summed E-state index contributed by atoms with van der Waals surface area (Å²) in [5.74, 6) is 0.299. The lowest BCUT2D eigenvalue weighted by Crippen LogP contribution is -2.32. The zero-order valence-corrected chi connectivity index (χ0v) is 16.0. The lowest BCUT2D eigenvalue weighted by atomic mass is 9.97. The van der Waals surface area contributed by atoms with Crippen molar-refractivity contribution >= 4 is 35.1 Å². The molecule has 0 bridgehead atoms. The highest BCUT2D eigenvalue weighted by molar-refractivity contribution is 6.30. The van der Waals surface area contributed by atoms with E-state index in [1.165, 1.54) is 18.3 Å². The van der Waals surface area contributed by atoms with Gasteiger partial charge in [0, 0.05) is 30.2 Å². The number of halogens is 2. The minimum atomic E-state index is -0.597. The van der Waals surface area contributed by atoms with Gasteiger partial charge in [-0.15, -0.1) is 0 Å². The summed E-state index contributed by atoms with van der Waals surface area (Å²) in [6.07, 6.45) is 1.21. The first-order valence-electron chi connectivity index (χ1n) is 8.55. The summed E-state index contributed by atoms with van der Waals surface area (Å²) in [7, 11) is 0. The van der Waals surface area contributed by atoms with Crippen LogP contribution in [-0.4, -0.2) is 33.9 Å². The van der Waals surface area contributed by atoms with E-state index in [2.05, 4.69) is 20.4 Å².